The Morgan fingerprint density at radius 3 is 2.39 bits per heavy atom. The zero-order valence-electron chi connectivity index (χ0n) is 18.8. The number of hydrogen-bond donors (Lipinski definition) is 0. The van der Waals surface area contributed by atoms with Crippen LogP contribution in [0.2, 0.25) is 5.02 Å². The highest BCUT2D eigenvalue weighted by molar-refractivity contribution is 8.02. The van der Waals surface area contributed by atoms with Crippen molar-refractivity contribution in [3.63, 3.8) is 0 Å². The standard InChI is InChI=1S/C27H25ClN2O2S/c1-18-8-4-5-9-20(18)16-29-23-11-7-6-10-22(23)27(25(29)32)30(17-26(2,3)33-27)24(31)19-12-14-21(28)15-13-19/h4-15H,16-17H2,1-3H3. The third kappa shape index (κ3) is 3.54. The third-order valence-electron chi connectivity index (χ3n) is 6.36. The topological polar surface area (TPSA) is 40.6 Å². The van der Waals surface area contributed by atoms with Crippen LogP contribution in [0.15, 0.2) is 72.8 Å². The molecule has 6 heteroatoms. The Balaban J connectivity index is 1.63. The number of aryl methyl sites for hydroxylation is 1. The second-order valence-electron chi connectivity index (χ2n) is 9.24. The first-order valence-electron chi connectivity index (χ1n) is 11.0. The molecular weight excluding hydrogens is 452 g/mol. The molecule has 1 unspecified atom stereocenters. The predicted octanol–water partition coefficient (Wildman–Crippen LogP) is 6.02. The van der Waals surface area contributed by atoms with Gasteiger partial charge in [0, 0.05) is 27.4 Å². The molecule has 33 heavy (non-hydrogen) atoms. The summed E-state index contributed by atoms with van der Waals surface area (Å²) in [6.45, 7) is 7.18. The lowest BCUT2D eigenvalue weighted by Crippen LogP contribution is -2.50. The highest BCUT2D eigenvalue weighted by atomic mass is 35.5. The van der Waals surface area contributed by atoms with Gasteiger partial charge < -0.3 is 9.80 Å². The van der Waals surface area contributed by atoms with Crippen LogP contribution in [0.1, 0.15) is 40.9 Å². The second-order valence-corrected chi connectivity index (χ2v) is 11.6. The summed E-state index contributed by atoms with van der Waals surface area (Å²) in [6.07, 6.45) is 0. The van der Waals surface area contributed by atoms with E-state index >= 15 is 0 Å². The van der Waals surface area contributed by atoms with Crippen LogP contribution in [0.3, 0.4) is 0 Å². The van der Waals surface area contributed by atoms with Crippen molar-refractivity contribution in [2.75, 3.05) is 11.4 Å². The van der Waals surface area contributed by atoms with E-state index in [-0.39, 0.29) is 16.6 Å². The fourth-order valence-corrected chi connectivity index (χ4v) is 6.68. The molecule has 2 heterocycles. The normalized spacial score (nSPS) is 21.0. The Morgan fingerprint density at radius 2 is 1.67 bits per heavy atom. The van der Waals surface area contributed by atoms with E-state index in [1.54, 1.807) is 40.9 Å². The smallest absolute Gasteiger partial charge is 0.268 e. The van der Waals surface area contributed by atoms with Gasteiger partial charge in [-0.3, -0.25) is 9.59 Å². The van der Waals surface area contributed by atoms with E-state index in [0.717, 1.165) is 22.4 Å². The molecule has 0 N–H and O–H groups in total. The molecule has 1 fully saturated rings. The van der Waals surface area contributed by atoms with Gasteiger partial charge in [0.25, 0.3) is 11.8 Å². The van der Waals surface area contributed by atoms with Crippen LogP contribution >= 0.6 is 23.4 Å². The molecule has 2 aliphatic rings. The summed E-state index contributed by atoms with van der Waals surface area (Å²) < 4.78 is -0.288. The number of rotatable bonds is 3. The van der Waals surface area contributed by atoms with Gasteiger partial charge in [0.15, 0.2) is 4.87 Å². The van der Waals surface area contributed by atoms with E-state index in [0.29, 0.717) is 23.7 Å². The number of fused-ring (bicyclic) bond motifs is 2. The third-order valence-corrected chi connectivity index (χ3v) is 8.21. The zero-order valence-corrected chi connectivity index (χ0v) is 20.4. The minimum Gasteiger partial charge on any atom is -0.310 e. The van der Waals surface area contributed by atoms with Crippen molar-refractivity contribution in [2.24, 2.45) is 0 Å². The van der Waals surface area contributed by atoms with Gasteiger partial charge in [-0.1, -0.05) is 54.1 Å². The van der Waals surface area contributed by atoms with Gasteiger partial charge in [0.05, 0.1) is 12.2 Å². The molecular formula is C27H25ClN2O2S. The van der Waals surface area contributed by atoms with E-state index < -0.39 is 4.87 Å². The largest absolute Gasteiger partial charge is 0.310 e. The Morgan fingerprint density at radius 1 is 1.00 bits per heavy atom. The average molecular weight is 477 g/mol. The van der Waals surface area contributed by atoms with Gasteiger partial charge in [0.2, 0.25) is 0 Å². The van der Waals surface area contributed by atoms with Crippen molar-refractivity contribution in [1.29, 1.82) is 0 Å². The van der Waals surface area contributed by atoms with Crippen molar-refractivity contribution in [1.82, 2.24) is 4.90 Å². The molecule has 2 amide bonds. The number of para-hydroxylation sites is 1. The number of hydrogen-bond acceptors (Lipinski definition) is 3. The number of amides is 2. The summed E-state index contributed by atoms with van der Waals surface area (Å²) in [5, 5.41) is 0.573. The first kappa shape index (κ1) is 22.1. The van der Waals surface area contributed by atoms with Crippen molar-refractivity contribution in [3.05, 3.63) is 100 Å². The lowest BCUT2D eigenvalue weighted by Gasteiger charge is -2.33. The quantitative estimate of drug-likeness (QED) is 0.464. The minimum absolute atomic E-state index is 0.0650. The number of halogens is 1. The van der Waals surface area contributed by atoms with Gasteiger partial charge in [0.1, 0.15) is 0 Å². The fourth-order valence-electron chi connectivity index (χ4n) is 4.82. The SMILES string of the molecule is Cc1ccccc1CN1C(=O)C2(SC(C)(C)CN2C(=O)c2ccc(Cl)cc2)c2ccccc21. The first-order valence-corrected chi connectivity index (χ1v) is 12.2. The van der Waals surface area contributed by atoms with E-state index in [2.05, 4.69) is 32.9 Å². The number of benzene rings is 3. The van der Waals surface area contributed by atoms with Gasteiger partial charge in [-0.15, -0.1) is 11.8 Å². The zero-order chi connectivity index (χ0) is 23.4. The molecule has 0 saturated carbocycles. The maximum Gasteiger partial charge on any atom is 0.268 e. The molecule has 168 valence electrons. The van der Waals surface area contributed by atoms with Crippen LogP contribution in [0.25, 0.3) is 0 Å². The molecule has 4 nitrogen and oxygen atoms in total. The van der Waals surface area contributed by atoms with Crippen molar-refractivity contribution in [3.8, 4) is 0 Å². The van der Waals surface area contributed by atoms with Gasteiger partial charge in [-0.2, -0.15) is 0 Å². The number of anilines is 1. The molecule has 3 aromatic rings. The van der Waals surface area contributed by atoms with Crippen LogP contribution in [-0.4, -0.2) is 28.0 Å². The maximum atomic E-state index is 14.3. The number of thioether (sulfide) groups is 1. The molecule has 3 aromatic carbocycles. The van der Waals surface area contributed by atoms with Gasteiger partial charge in [-0.05, 0) is 62.2 Å². The van der Waals surface area contributed by atoms with E-state index in [4.69, 9.17) is 11.6 Å². The molecule has 5 rings (SSSR count). The van der Waals surface area contributed by atoms with Crippen molar-refractivity contribution in [2.45, 2.75) is 36.9 Å². The van der Waals surface area contributed by atoms with Crippen LogP contribution in [0.5, 0.6) is 0 Å². The molecule has 0 bridgehead atoms. The Bertz CT molecular complexity index is 1260. The summed E-state index contributed by atoms with van der Waals surface area (Å²) in [6, 6.07) is 22.9. The minimum atomic E-state index is -1.10. The Hall–Kier alpha value is -2.76. The van der Waals surface area contributed by atoms with Gasteiger partial charge >= 0.3 is 0 Å². The lowest BCUT2D eigenvalue weighted by atomic mass is 10.0. The summed E-state index contributed by atoms with van der Waals surface area (Å²) in [4.78, 5) is 30.6. The molecule has 2 aliphatic heterocycles. The van der Waals surface area contributed by atoms with E-state index in [1.807, 2.05) is 41.3 Å². The number of nitrogens with zero attached hydrogens (tertiary/aromatic N) is 2. The van der Waals surface area contributed by atoms with E-state index in [1.165, 1.54) is 0 Å². The highest BCUT2D eigenvalue weighted by Gasteiger charge is 2.63. The lowest BCUT2D eigenvalue weighted by molar-refractivity contribution is -0.123. The van der Waals surface area contributed by atoms with Crippen LogP contribution in [0, 0.1) is 6.92 Å². The van der Waals surface area contributed by atoms with E-state index in [9.17, 15) is 9.59 Å². The maximum absolute atomic E-state index is 14.3. The average Bonchev–Trinajstić information content (AvgIpc) is 3.21. The second kappa shape index (κ2) is 7.93. The predicted molar refractivity (Wildman–Crippen MR) is 135 cm³/mol. The van der Waals surface area contributed by atoms with Crippen LogP contribution < -0.4 is 4.90 Å². The van der Waals surface area contributed by atoms with Crippen molar-refractivity contribution >= 4 is 40.9 Å². The molecule has 1 atom stereocenters. The summed E-state index contributed by atoms with van der Waals surface area (Å²) in [7, 11) is 0. The van der Waals surface area contributed by atoms with Crippen LogP contribution in [0.4, 0.5) is 5.69 Å². The number of carbonyl (C=O) groups excluding carboxylic acids is 2. The Kier molecular flexibility index (Phi) is 5.30. The van der Waals surface area contributed by atoms with Crippen molar-refractivity contribution < 1.29 is 9.59 Å². The summed E-state index contributed by atoms with van der Waals surface area (Å²) in [5.74, 6) is -0.226. The van der Waals surface area contributed by atoms with Crippen LogP contribution in [-0.2, 0) is 16.2 Å². The fraction of sp³-hybridized carbons (Fsp3) is 0.259. The highest BCUT2D eigenvalue weighted by Crippen LogP contribution is 2.60. The summed E-state index contributed by atoms with van der Waals surface area (Å²) in [5.41, 5.74) is 4.50. The first-order chi connectivity index (χ1) is 15.7. The molecule has 0 aliphatic carbocycles. The number of carbonyl (C=O) groups is 2. The summed E-state index contributed by atoms with van der Waals surface area (Å²) >= 11 is 7.62. The molecule has 0 radical (unpaired) electrons. The molecule has 0 aromatic heterocycles. The Labute approximate surface area is 203 Å². The van der Waals surface area contributed by atoms with Gasteiger partial charge in [-0.25, -0.2) is 0 Å². The molecule has 1 spiro atoms. The molecule has 1 saturated heterocycles. The monoisotopic (exact) mass is 476 g/mol.